The number of hydrogen-bond acceptors (Lipinski definition) is 2. The van der Waals surface area contributed by atoms with Crippen molar-refractivity contribution in [3.8, 4) is 0 Å². The molecule has 4 heteroatoms. The number of likely N-dealkylation sites (N-methyl/N-ethyl adjacent to an activating group) is 1. The van der Waals surface area contributed by atoms with Gasteiger partial charge in [0.05, 0.1) is 0 Å². The van der Waals surface area contributed by atoms with Crippen LogP contribution in [0.5, 0.6) is 0 Å². The molecule has 0 aromatic heterocycles. The van der Waals surface area contributed by atoms with E-state index in [-0.39, 0.29) is 0 Å². The van der Waals surface area contributed by atoms with Gasteiger partial charge in [-0.15, -0.1) is 0 Å². The Bertz CT molecular complexity index is 193. The molecule has 1 heterocycles. The lowest BCUT2D eigenvalue weighted by Gasteiger charge is -2.17. The van der Waals surface area contributed by atoms with Gasteiger partial charge in [0.25, 0.3) is 0 Å². The summed E-state index contributed by atoms with van der Waals surface area (Å²) in [7, 11) is 2.07. The zero-order valence-electron chi connectivity index (χ0n) is 6.64. The van der Waals surface area contributed by atoms with E-state index in [0.717, 1.165) is 13.0 Å². The molecule has 0 aromatic carbocycles. The number of rotatable bonds is 3. The van der Waals surface area contributed by atoms with Gasteiger partial charge in [0, 0.05) is 24.0 Å². The Morgan fingerprint density at radius 3 is 3.18 bits per heavy atom. The van der Waals surface area contributed by atoms with Gasteiger partial charge < -0.3 is 0 Å². The monoisotopic (exact) mass is 152 g/mol. The van der Waals surface area contributed by atoms with Crippen molar-refractivity contribution in [1.29, 1.82) is 0 Å². The van der Waals surface area contributed by atoms with Crippen LogP contribution in [0, 0.1) is 0 Å². The molecule has 4 nitrogen and oxygen atoms in total. The summed E-state index contributed by atoms with van der Waals surface area (Å²) in [5, 5.41) is 3.49. The van der Waals surface area contributed by atoms with Crippen molar-refractivity contribution < 1.29 is 0 Å². The maximum absolute atomic E-state index is 8.03. The summed E-state index contributed by atoms with van der Waals surface area (Å²) >= 11 is 0. The number of azide groups is 1. The second kappa shape index (κ2) is 4.01. The first-order valence-corrected chi connectivity index (χ1v) is 3.72. The van der Waals surface area contributed by atoms with E-state index in [1.54, 1.807) is 0 Å². The second-order valence-corrected chi connectivity index (χ2v) is 2.68. The molecule has 1 unspecified atom stereocenters. The van der Waals surface area contributed by atoms with E-state index >= 15 is 0 Å². The van der Waals surface area contributed by atoms with Crippen LogP contribution in [0.3, 0.4) is 0 Å². The molecule has 0 bridgehead atoms. The summed E-state index contributed by atoms with van der Waals surface area (Å²) in [5.41, 5.74) is 8.03. The fourth-order valence-corrected chi connectivity index (χ4v) is 1.22. The average molecular weight is 152 g/mol. The molecule has 11 heavy (non-hydrogen) atoms. The number of hydrogen-bond donors (Lipinski definition) is 0. The zero-order valence-corrected chi connectivity index (χ0v) is 6.64. The van der Waals surface area contributed by atoms with Crippen molar-refractivity contribution in [2.24, 2.45) is 5.11 Å². The van der Waals surface area contributed by atoms with E-state index in [4.69, 9.17) is 5.53 Å². The molecule has 0 amide bonds. The minimum absolute atomic E-state index is 0.473. The third-order valence-corrected chi connectivity index (χ3v) is 1.91. The van der Waals surface area contributed by atoms with E-state index < -0.39 is 0 Å². The SMILES string of the molecule is CN1CC=CC1CCN=[N+]=[N-]. The molecular weight excluding hydrogens is 140 g/mol. The van der Waals surface area contributed by atoms with E-state index in [9.17, 15) is 0 Å². The van der Waals surface area contributed by atoms with Gasteiger partial charge in [-0.2, -0.15) is 0 Å². The summed E-state index contributed by atoms with van der Waals surface area (Å²) < 4.78 is 0. The lowest BCUT2D eigenvalue weighted by atomic mass is 10.2. The normalized spacial score (nSPS) is 23.5. The van der Waals surface area contributed by atoms with Crippen LogP contribution in [-0.2, 0) is 0 Å². The third-order valence-electron chi connectivity index (χ3n) is 1.91. The van der Waals surface area contributed by atoms with Gasteiger partial charge >= 0.3 is 0 Å². The van der Waals surface area contributed by atoms with Crippen LogP contribution < -0.4 is 0 Å². The first kappa shape index (κ1) is 8.11. The minimum atomic E-state index is 0.473. The van der Waals surface area contributed by atoms with Crippen molar-refractivity contribution >= 4 is 0 Å². The Morgan fingerprint density at radius 1 is 1.82 bits per heavy atom. The Balaban J connectivity index is 2.25. The maximum atomic E-state index is 8.03. The van der Waals surface area contributed by atoms with Gasteiger partial charge in [0.2, 0.25) is 0 Å². The molecule has 0 saturated heterocycles. The van der Waals surface area contributed by atoms with Crippen molar-refractivity contribution in [2.45, 2.75) is 12.5 Å². The fraction of sp³-hybridized carbons (Fsp3) is 0.714. The highest BCUT2D eigenvalue weighted by Crippen LogP contribution is 2.09. The molecule has 0 N–H and O–H groups in total. The van der Waals surface area contributed by atoms with Crippen molar-refractivity contribution in [1.82, 2.24) is 4.90 Å². The van der Waals surface area contributed by atoms with Crippen LogP contribution in [0.25, 0.3) is 10.4 Å². The molecule has 0 aromatic rings. The zero-order chi connectivity index (χ0) is 8.10. The van der Waals surface area contributed by atoms with Gasteiger partial charge in [0.1, 0.15) is 0 Å². The Kier molecular flexibility index (Phi) is 2.95. The van der Waals surface area contributed by atoms with Crippen LogP contribution in [0.2, 0.25) is 0 Å². The van der Waals surface area contributed by atoms with Gasteiger partial charge in [-0.05, 0) is 19.0 Å². The third kappa shape index (κ3) is 2.26. The van der Waals surface area contributed by atoms with Crippen molar-refractivity contribution in [3.05, 3.63) is 22.6 Å². The van der Waals surface area contributed by atoms with Crippen LogP contribution in [0.4, 0.5) is 0 Å². The van der Waals surface area contributed by atoms with Crippen molar-refractivity contribution in [3.63, 3.8) is 0 Å². The molecule has 0 fully saturated rings. The molecule has 0 saturated carbocycles. The summed E-state index contributed by atoms with van der Waals surface area (Å²) in [5.74, 6) is 0. The predicted molar refractivity (Wildman–Crippen MR) is 44.2 cm³/mol. The molecule has 1 rings (SSSR count). The minimum Gasteiger partial charge on any atom is -0.296 e. The fourth-order valence-electron chi connectivity index (χ4n) is 1.22. The van der Waals surface area contributed by atoms with E-state index in [1.165, 1.54) is 0 Å². The number of nitrogens with zero attached hydrogens (tertiary/aromatic N) is 4. The van der Waals surface area contributed by atoms with E-state index in [1.807, 2.05) is 0 Å². The van der Waals surface area contributed by atoms with E-state index in [2.05, 4.69) is 34.1 Å². The summed E-state index contributed by atoms with van der Waals surface area (Å²) in [4.78, 5) is 4.93. The highest BCUT2D eigenvalue weighted by atomic mass is 15.2. The summed E-state index contributed by atoms with van der Waals surface area (Å²) in [6.45, 7) is 1.61. The smallest absolute Gasteiger partial charge is 0.0280 e. The van der Waals surface area contributed by atoms with E-state index in [0.29, 0.717) is 12.6 Å². The highest BCUT2D eigenvalue weighted by molar-refractivity contribution is 5.02. The first-order valence-electron chi connectivity index (χ1n) is 3.72. The summed E-state index contributed by atoms with van der Waals surface area (Å²) in [6, 6.07) is 0.473. The molecule has 1 aliphatic heterocycles. The lowest BCUT2D eigenvalue weighted by Crippen LogP contribution is -2.25. The van der Waals surface area contributed by atoms with Gasteiger partial charge in [0.15, 0.2) is 0 Å². The molecule has 60 valence electrons. The Morgan fingerprint density at radius 2 is 2.64 bits per heavy atom. The highest BCUT2D eigenvalue weighted by Gasteiger charge is 2.13. The molecule has 0 spiro atoms. The van der Waals surface area contributed by atoms with Gasteiger partial charge in [-0.1, -0.05) is 17.3 Å². The molecule has 0 radical (unpaired) electrons. The topological polar surface area (TPSA) is 52.0 Å². The quantitative estimate of drug-likeness (QED) is 0.262. The molecular formula is C7H12N4. The first-order chi connectivity index (χ1) is 5.34. The Hall–Kier alpha value is -0.990. The average Bonchev–Trinajstić information content (AvgIpc) is 2.37. The molecule has 1 aliphatic rings. The van der Waals surface area contributed by atoms with Crippen LogP contribution in [0.1, 0.15) is 6.42 Å². The van der Waals surface area contributed by atoms with Gasteiger partial charge in [-0.3, -0.25) is 4.90 Å². The maximum Gasteiger partial charge on any atom is 0.0280 e. The van der Waals surface area contributed by atoms with Crippen LogP contribution in [-0.4, -0.2) is 31.1 Å². The molecule has 1 atom stereocenters. The standard InChI is InChI=1S/C7H12N4/c1-11-6-2-3-7(11)4-5-9-10-8/h2-3,7H,4-6H2,1H3. The molecule has 0 aliphatic carbocycles. The van der Waals surface area contributed by atoms with Crippen molar-refractivity contribution in [2.75, 3.05) is 20.1 Å². The van der Waals surface area contributed by atoms with Gasteiger partial charge in [-0.25, -0.2) is 0 Å². The van der Waals surface area contributed by atoms with Crippen LogP contribution in [0.15, 0.2) is 17.3 Å². The predicted octanol–water partition coefficient (Wildman–Crippen LogP) is 1.56. The Labute approximate surface area is 66.1 Å². The summed E-state index contributed by atoms with van der Waals surface area (Å²) in [6.07, 6.45) is 5.23. The lowest BCUT2D eigenvalue weighted by molar-refractivity contribution is 0.322. The largest absolute Gasteiger partial charge is 0.296 e. The second-order valence-electron chi connectivity index (χ2n) is 2.68. The van der Waals surface area contributed by atoms with Crippen LogP contribution >= 0.6 is 0 Å².